The van der Waals surface area contributed by atoms with Crippen molar-refractivity contribution in [1.29, 1.82) is 0 Å². The van der Waals surface area contributed by atoms with Gasteiger partial charge in [0.1, 0.15) is 0 Å². The molecule has 1 saturated heterocycles. The molecular weight excluding hydrogens is 172 g/mol. The summed E-state index contributed by atoms with van der Waals surface area (Å²) in [5.41, 5.74) is 7.93. The molecule has 1 saturated carbocycles. The van der Waals surface area contributed by atoms with E-state index in [4.69, 9.17) is 5.73 Å². The topological polar surface area (TPSA) is 38.0 Å². The van der Waals surface area contributed by atoms with Crippen LogP contribution in [0.15, 0.2) is 30.3 Å². The van der Waals surface area contributed by atoms with Crippen molar-refractivity contribution in [3.8, 4) is 0 Å². The summed E-state index contributed by atoms with van der Waals surface area (Å²) in [5.74, 6) is 0.725. The molecule has 2 aliphatic rings. The van der Waals surface area contributed by atoms with E-state index in [0.717, 1.165) is 25.4 Å². The van der Waals surface area contributed by atoms with Crippen LogP contribution in [-0.4, -0.2) is 19.1 Å². The predicted octanol–water partition coefficient (Wildman–Crippen LogP) is 0.776. The Morgan fingerprint density at radius 3 is 2.79 bits per heavy atom. The zero-order valence-corrected chi connectivity index (χ0v) is 8.24. The first kappa shape index (κ1) is 8.45. The number of fused-ring (bicyclic) bond motifs is 1. The first-order valence-electron chi connectivity index (χ1n) is 5.33. The molecule has 2 nitrogen and oxygen atoms in total. The first-order valence-corrected chi connectivity index (χ1v) is 5.33. The summed E-state index contributed by atoms with van der Waals surface area (Å²) in [4.78, 5) is 0. The maximum absolute atomic E-state index is 6.11. The molecule has 0 bridgehead atoms. The van der Waals surface area contributed by atoms with E-state index in [1.807, 2.05) is 0 Å². The molecule has 1 aromatic rings. The van der Waals surface area contributed by atoms with Crippen molar-refractivity contribution >= 4 is 0 Å². The minimum absolute atomic E-state index is 0.390. The number of hydrogen-bond donors (Lipinski definition) is 2. The molecular formula is C12H16N2. The Balaban J connectivity index is 1.80. The summed E-state index contributed by atoms with van der Waals surface area (Å²) in [6.07, 6.45) is 1.15. The van der Waals surface area contributed by atoms with Gasteiger partial charge in [0.2, 0.25) is 0 Å². The molecule has 1 aliphatic heterocycles. The zero-order valence-electron chi connectivity index (χ0n) is 8.24. The fourth-order valence-corrected chi connectivity index (χ4v) is 2.94. The van der Waals surface area contributed by atoms with E-state index in [9.17, 15) is 0 Å². The maximum Gasteiger partial charge on any atom is 0.0162 e. The summed E-state index contributed by atoms with van der Waals surface area (Å²) in [6.45, 7) is 2.22. The van der Waals surface area contributed by atoms with E-state index in [2.05, 4.69) is 35.6 Å². The van der Waals surface area contributed by atoms with Gasteiger partial charge in [0.25, 0.3) is 0 Å². The zero-order chi connectivity index (χ0) is 9.60. The van der Waals surface area contributed by atoms with Crippen LogP contribution in [0.5, 0.6) is 0 Å². The van der Waals surface area contributed by atoms with E-state index in [-0.39, 0.29) is 0 Å². The average molecular weight is 188 g/mol. The highest BCUT2D eigenvalue weighted by atomic mass is 15.1. The van der Waals surface area contributed by atoms with Crippen LogP contribution in [0.1, 0.15) is 5.56 Å². The lowest BCUT2D eigenvalue weighted by atomic mass is 9.95. The number of rotatable bonds is 2. The maximum atomic E-state index is 6.11. The molecule has 3 N–H and O–H groups in total. The first-order chi connectivity index (χ1) is 6.83. The quantitative estimate of drug-likeness (QED) is 0.719. The van der Waals surface area contributed by atoms with Crippen molar-refractivity contribution in [1.82, 2.24) is 5.32 Å². The lowest BCUT2D eigenvalue weighted by Gasteiger charge is -2.13. The highest BCUT2D eigenvalue weighted by molar-refractivity contribution is 5.27. The van der Waals surface area contributed by atoms with Crippen LogP contribution in [-0.2, 0) is 6.42 Å². The van der Waals surface area contributed by atoms with Crippen molar-refractivity contribution in [3.63, 3.8) is 0 Å². The molecule has 2 fully saturated rings. The monoisotopic (exact) mass is 188 g/mol. The average Bonchev–Trinajstić information content (AvgIpc) is 2.63. The summed E-state index contributed by atoms with van der Waals surface area (Å²) in [5, 5.41) is 3.43. The molecule has 3 rings (SSSR count). The number of piperidine rings is 1. The molecule has 2 heteroatoms. The summed E-state index contributed by atoms with van der Waals surface area (Å²) in [6, 6.07) is 11.1. The molecule has 14 heavy (non-hydrogen) atoms. The standard InChI is InChI=1S/C12H16N2/c13-11-10-7-14-8-12(10,11)6-9-4-2-1-3-5-9/h1-5,10-11,14H,6-8,13H2. The number of hydrogen-bond acceptors (Lipinski definition) is 2. The largest absolute Gasteiger partial charge is 0.327 e. The van der Waals surface area contributed by atoms with E-state index in [1.165, 1.54) is 5.56 Å². The van der Waals surface area contributed by atoms with Crippen molar-refractivity contribution in [2.75, 3.05) is 13.1 Å². The highest BCUT2D eigenvalue weighted by Crippen LogP contribution is 2.55. The van der Waals surface area contributed by atoms with Crippen LogP contribution >= 0.6 is 0 Å². The minimum Gasteiger partial charge on any atom is -0.327 e. The second-order valence-electron chi connectivity index (χ2n) is 4.66. The molecule has 0 radical (unpaired) electrons. The third kappa shape index (κ3) is 1.04. The van der Waals surface area contributed by atoms with E-state index < -0.39 is 0 Å². The molecule has 3 atom stereocenters. The van der Waals surface area contributed by atoms with Crippen LogP contribution in [0.3, 0.4) is 0 Å². The van der Waals surface area contributed by atoms with Gasteiger partial charge in [0.05, 0.1) is 0 Å². The Kier molecular flexibility index (Phi) is 1.70. The molecule has 74 valence electrons. The number of benzene rings is 1. The lowest BCUT2D eigenvalue weighted by molar-refractivity contribution is 0.490. The second-order valence-corrected chi connectivity index (χ2v) is 4.66. The molecule has 0 spiro atoms. The molecule has 1 heterocycles. The van der Waals surface area contributed by atoms with Gasteiger partial charge in [-0.2, -0.15) is 0 Å². The molecule has 1 aromatic carbocycles. The Morgan fingerprint density at radius 1 is 1.36 bits per heavy atom. The summed E-state index contributed by atoms with van der Waals surface area (Å²) >= 11 is 0. The summed E-state index contributed by atoms with van der Waals surface area (Å²) < 4.78 is 0. The van der Waals surface area contributed by atoms with Gasteiger partial charge >= 0.3 is 0 Å². The van der Waals surface area contributed by atoms with Crippen molar-refractivity contribution < 1.29 is 0 Å². The van der Waals surface area contributed by atoms with Crippen LogP contribution in [0.2, 0.25) is 0 Å². The Hall–Kier alpha value is -0.860. The third-order valence-corrected chi connectivity index (χ3v) is 3.92. The normalized spacial score (nSPS) is 39.5. The summed E-state index contributed by atoms with van der Waals surface area (Å²) in [7, 11) is 0. The van der Waals surface area contributed by atoms with Crippen molar-refractivity contribution in [3.05, 3.63) is 35.9 Å². The van der Waals surface area contributed by atoms with Crippen LogP contribution in [0.25, 0.3) is 0 Å². The molecule has 3 unspecified atom stereocenters. The SMILES string of the molecule is NC1C2CNCC12Cc1ccccc1. The van der Waals surface area contributed by atoms with E-state index in [1.54, 1.807) is 0 Å². The van der Waals surface area contributed by atoms with Gasteiger partial charge in [-0.05, 0) is 17.9 Å². The number of nitrogens with one attached hydrogen (secondary N) is 1. The lowest BCUT2D eigenvalue weighted by Crippen LogP contribution is -2.28. The van der Waals surface area contributed by atoms with E-state index >= 15 is 0 Å². The highest BCUT2D eigenvalue weighted by Gasteiger charge is 2.64. The fourth-order valence-electron chi connectivity index (χ4n) is 2.94. The Morgan fingerprint density at radius 2 is 2.14 bits per heavy atom. The predicted molar refractivity (Wildman–Crippen MR) is 56.9 cm³/mol. The van der Waals surface area contributed by atoms with Crippen molar-refractivity contribution in [2.45, 2.75) is 12.5 Å². The second kappa shape index (κ2) is 2.81. The Labute approximate surface area is 84.5 Å². The Bertz CT molecular complexity index is 335. The smallest absolute Gasteiger partial charge is 0.0162 e. The van der Waals surface area contributed by atoms with Gasteiger partial charge in [0.15, 0.2) is 0 Å². The molecule has 0 aromatic heterocycles. The van der Waals surface area contributed by atoms with Gasteiger partial charge in [0, 0.05) is 24.5 Å². The number of nitrogens with two attached hydrogens (primary N) is 1. The minimum atomic E-state index is 0.390. The third-order valence-electron chi connectivity index (χ3n) is 3.92. The van der Waals surface area contributed by atoms with Crippen molar-refractivity contribution in [2.24, 2.45) is 17.1 Å². The van der Waals surface area contributed by atoms with Gasteiger partial charge in [-0.15, -0.1) is 0 Å². The van der Waals surface area contributed by atoms with Crippen LogP contribution < -0.4 is 11.1 Å². The van der Waals surface area contributed by atoms with Gasteiger partial charge < -0.3 is 11.1 Å². The van der Waals surface area contributed by atoms with Gasteiger partial charge in [-0.3, -0.25) is 0 Å². The van der Waals surface area contributed by atoms with Crippen LogP contribution in [0.4, 0.5) is 0 Å². The van der Waals surface area contributed by atoms with Gasteiger partial charge in [-0.25, -0.2) is 0 Å². The fraction of sp³-hybridized carbons (Fsp3) is 0.500. The van der Waals surface area contributed by atoms with E-state index in [0.29, 0.717) is 11.5 Å². The van der Waals surface area contributed by atoms with Gasteiger partial charge in [-0.1, -0.05) is 30.3 Å². The van der Waals surface area contributed by atoms with Crippen LogP contribution in [0, 0.1) is 11.3 Å². The molecule has 0 amide bonds. The molecule has 1 aliphatic carbocycles.